The number of rotatable bonds is 3. The van der Waals surface area contributed by atoms with Crippen LogP contribution >= 0.6 is 0 Å². The van der Waals surface area contributed by atoms with Crippen LogP contribution < -0.4 is 10.5 Å². The molecule has 0 radical (unpaired) electrons. The van der Waals surface area contributed by atoms with Crippen LogP contribution in [0.3, 0.4) is 0 Å². The average Bonchev–Trinajstić information content (AvgIpc) is 2.72. The van der Waals surface area contributed by atoms with Crippen LogP contribution in [0, 0.1) is 0 Å². The van der Waals surface area contributed by atoms with E-state index in [-0.39, 0.29) is 5.41 Å². The zero-order valence-electron chi connectivity index (χ0n) is 10.0. The quantitative estimate of drug-likeness (QED) is 0.831. The molecule has 3 N–H and O–H groups in total. The van der Waals surface area contributed by atoms with E-state index >= 15 is 0 Å². The summed E-state index contributed by atoms with van der Waals surface area (Å²) in [5.74, 6) is 0.867. The summed E-state index contributed by atoms with van der Waals surface area (Å²) in [5, 5.41) is 1.22. The van der Waals surface area contributed by atoms with Crippen molar-refractivity contribution in [2.45, 2.75) is 19.3 Å². The third kappa shape index (κ3) is 1.67. The third-order valence-electron chi connectivity index (χ3n) is 3.13. The van der Waals surface area contributed by atoms with Crippen LogP contribution in [-0.4, -0.2) is 18.6 Å². The Bertz CT molecular complexity index is 500. The Morgan fingerprint density at radius 3 is 2.75 bits per heavy atom. The SMILES string of the molecule is COc1ccc2c(C(C)(C)CN)c[nH]c2c1. The van der Waals surface area contributed by atoms with Crippen molar-refractivity contribution < 1.29 is 4.74 Å². The van der Waals surface area contributed by atoms with Gasteiger partial charge >= 0.3 is 0 Å². The number of fused-ring (bicyclic) bond motifs is 1. The molecular formula is C13H18N2O. The Kier molecular flexibility index (Phi) is 2.64. The van der Waals surface area contributed by atoms with E-state index in [1.165, 1.54) is 10.9 Å². The summed E-state index contributed by atoms with van der Waals surface area (Å²) in [4.78, 5) is 3.27. The van der Waals surface area contributed by atoms with Gasteiger partial charge < -0.3 is 15.5 Å². The van der Waals surface area contributed by atoms with Gasteiger partial charge in [0.1, 0.15) is 5.75 Å². The second kappa shape index (κ2) is 3.83. The molecule has 2 aromatic rings. The van der Waals surface area contributed by atoms with Crippen molar-refractivity contribution in [2.75, 3.05) is 13.7 Å². The molecule has 0 aliphatic carbocycles. The molecule has 1 aromatic carbocycles. The molecule has 16 heavy (non-hydrogen) atoms. The third-order valence-corrected chi connectivity index (χ3v) is 3.13. The fourth-order valence-electron chi connectivity index (χ4n) is 1.90. The maximum Gasteiger partial charge on any atom is 0.120 e. The molecule has 1 aromatic heterocycles. The van der Waals surface area contributed by atoms with Crippen LogP contribution in [0.2, 0.25) is 0 Å². The van der Waals surface area contributed by atoms with Gasteiger partial charge in [0, 0.05) is 35.1 Å². The van der Waals surface area contributed by atoms with E-state index in [0.717, 1.165) is 11.3 Å². The zero-order chi connectivity index (χ0) is 11.8. The van der Waals surface area contributed by atoms with Crippen molar-refractivity contribution in [1.29, 1.82) is 0 Å². The van der Waals surface area contributed by atoms with Crippen molar-refractivity contribution in [1.82, 2.24) is 4.98 Å². The molecule has 0 amide bonds. The predicted molar refractivity (Wildman–Crippen MR) is 66.9 cm³/mol. The first-order chi connectivity index (χ1) is 7.58. The maximum atomic E-state index is 5.81. The van der Waals surface area contributed by atoms with Crippen molar-refractivity contribution in [3.8, 4) is 5.75 Å². The standard InChI is InChI=1S/C13H18N2O/c1-13(2,8-14)11-7-15-12-6-9(16-3)4-5-10(11)12/h4-7,15H,8,14H2,1-3H3. The predicted octanol–water partition coefficient (Wildman–Crippen LogP) is 2.41. The van der Waals surface area contributed by atoms with Gasteiger partial charge in [-0.1, -0.05) is 13.8 Å². The largest absolute Gasteiger partial charge is 0.497 e. The van der Waals surface area contributed by atoms with Gasteiger partial charge in [-0.3, -0.25) is 0 Å². The maximum absolute atomic E-state index is 5.81. The smallest absolute Gasteiger partial charge is 0.120 e. The number of H-pyrrole nitrogens is 1. The Labute approximate surface area is 95.6 Å². The van der Waals surface area contributed by atoms with E-state index in [0.29, 0.717) is 6.54 Å². The minimum atomic E-state index is -0.00710. The molecule has 3 nitrogen and oxygen atoms in total. The first-order valence-electron chi connectivity index (χ1n) is 5.44. The molecule has 0 unspecified atom stereocenters. The Hall–Kier alpha value is -1.48. The van der Waals surface area contributed by atoms with Gasteiger partial charge in [0.25, 0.3) is 0 Å². The lowest BCUT2D eigenvalue weighted by atomic mass is 9.85. The first-order valence-corrected chi connectivity index (χ1v) is 5.44. The molecule has 0 saturated carbocycles. The molecule has 0 saturated heterocycles. The van der Waals surface area contributed by atoms with Crippen molar-refractivity contribution >= 4 is 10.9 Å². The number of nitrogens with two attached hydrogens (primary N) is 1. The van der Waals surface area contributed by atoms with E-state index in [1.54, 1.807) is 7.11 Å². The average molecular weight is 218 g/mol. The van der Waals surface area contributed by atoms with E-state index in [9.17, 15) is 0 Å². The van der Waals surface area contributed by atoms with Gasteiger partial charge in [-0.25, -0.2) is 0 Å². The van der Waals surface area contributed by atoms with E-state index < -0.39 is 0 Å². The minimum Gasteiger partial charge on any atom is -0.497 e. The summed E-state index contributed by atoms with van der Waals surface area (Å²) >= 11 is 0. The number of methoxy groups -OCH3 is 1. The molecule has 1 heterocycles. The summed E-state index contributed by atoms with van der Waals surface area (Å²) in [7, 11) is 1.68. The highest BCUT2D eigenvalue weighted by atomic mass is 16.5. The summed E-state index contributed by atoms with van der Waals surface area (Å²) < 4.78 is 5.20. The van der Waals surface area contributed by atoms with E-state index in [4.69, 9.17) is 10.5 Å². The zero-order valence-corrected chi connectivity index (χ0v) is 10.0. The van der Waals surface area contributed by atoms with Gasteiger partial charge in [-0.05, 0) is 17.7 Å². The number of hydrogen-bond acceptors (Lipinski definition) is 2. The van der Waals surface area contributed by atoms with E-state index in [1.807, 2.05) is 18.3 Å². The molecule has 0 bridgehead atoms. The Morgan fingerprint density at radius 2 is 2.12 bits per heavy atom. The molecule has 0 aliphatic rings. The highest BCUT2D eigenvalue weighted by molar-refractivity contribution is 5.85. The molecule has 0 spiro atoms. The van der Waals surface area contributed by atoms with Crippen molar-refractivity contribution in [2.24, 2.45) is 5.73 Å². The summed E-state index contributed by atoms with van der Waals surface area (Å²) in [6.45, 7) is 4.94. The van der Waals surface area contributed by atoms with Gasteiger partial charge in [0.05, 0.1) is 7.11 Å². The van der Waals surface area contributed by atoms with Crippen LogP contribution in [0.5, 0.6) is 5.75 Å². The van der Waals surface area contributed by atoms with Gasteiger partial charge in [0.2, 0.25) is 0 Å². The number of aromatic nitrogens is 1. The monoisotopic (exact) mass is 218 g/mol. The van der Waals surface area contributed by atoms with Gasteiger partial charge in [-0.2, -0.15) is 0 Å². The normalized spacial score (nSPS) is 12.0. The number of benzene rings is 1. The second-order valence-electron chi connectivity index (χ2n) is 4.70. The summed E-state index contributed by atoms with van der Waals surface area (Å²) in [5.41, 5.74) is 8.15. The fourth-order valence-corrected chi connectivity index (χ4v) is 1.90. The van der Waals surface area contributed by atoms with Crippen molar-refractivity contribution in [3.05, 3.63) is 30.0 Å². The highest BCUT2D eigenvalue weighted by Gasteiger charge is 2.22. The first kappa shape index (κ1) is 11.0. The fraction of sp³-hybridized carbons (Fsp3) is 0.385. The number of hydrogen-bond donors (Lipinski definition) is 2. The van der Waals surface area contributed by atoms with Crippen LogP contribution in [0.4, 0.5) is 0 Å². The molecule has 3 heteroatoms. The van der Waals surface area contributed by atoms with Gasteiger partial charge in [-0.15, -0.1) is 0 Å². The van der Waals surface area contributed by atoms with Crippen LogP contribution in [-0.2, 0) is 5.41 Å². The van der Waals surface area contributed by atoms with E-state index in [2.05, 4.69) is 24.9 Å². The topological polar surface area (TPSA) is 51.0 Å². The Morgan fingerprint density at radius 1 is 1.38 bits per heavy atom. The lowest BCUT2D eigenvalue weighted by Gasteiger charge is -2.21. The van der Waals surface area contributed by atoms with Crippen LogP contribution in [0.25, 0.3) is 10.9 Å². The lowest BCUT2D eigenvalue weighted by molar-refractivity contribution is 0.415. The molecular weight excluding hydrogens is 200 g/mol. The summed E-state index contributed by atoms with van der Waals surface area (Å²) in [6.07, 6.45) is 2.04. The number of nitrogens with one attached hydrogen (secondary N) is 1. The van der Waals surface area contributed by atoms with Crippen LogP contribution in [0.15, 0.2) is 24.4 Å². The van der Waals surface area contributed by atoms with Crippen LogP contribution in [0.1, 0.15) is 19.4 Å². The second-order valence-corrected chi connectivity index (χ2v) is 4.70. The minimum absolute atomic E-state index is 0.00710. The lowest BCUT2D eigenvalue weighted by Crippen LogP contribution is -2.27. The highest BCUT2D eigenvalue weighted by Crippen LogP contribution is 2.31. The summed E-state index contributed by atoms with van der Waals surface area (Å²) in [6, 6.07) is 6.06. The Balaban J connectivity index is 2.58. The molecule has 2 rings (SSSR count). The molecule has 0 fully saturated rings. The number of aromatic amines is 1. The molecule has 0 atom stereocenters. The van der Waals surface area contributed by atoms with Gasteiger partial charge in [0.15, 0.2) is 0 Å². The molecule has 86 valence electrons. The van der Waals surface area contributed by atoms with Crippen molar-refractivity contribution in [3.63, 3.8) is 0 Å². The number of ether oxygens (including phenoxy) is 1. The molecule has 0 aliphatic heterocycles.